The molecule has 0 bridgehead atoms. The van der Waals surface area contributed by atoms with Crippen LogP contribution >= 0.6 is 0 Å². The van der Waals surface area contributed by atoms with E-state index < -0.39 is 0 Å². The number of amides is 1. The molecule has 2 rings (SSSR count). The van der Waals surface area contributed by atoms with Crippen molar-refractivity contribution in [1.29, 1.82) is 0 Å². The molecule has 0 aromatic rings. The van der Waals surface area contributed by atoms with Gasteiger partial charge in [-0.25, -0.2) is 0 Å². The van der Waals surface area contributed by atoms with Crippen molar-refractivity contribution < 1.29 is 4.79 Å². The molecule has 3 nitrogen and oxygen atoms in total. The minimum atomic E-state index is -0.230. The second kappa shape index (κ2) is 5.82. The zero-order valence-corrected chi connectivity index (χ0v) is 13.1. The number of carbonyl (C=O) groups excluding carboxylic acids is 1. The van der Waals surface area contributed by atoms with Crippen molar-refractivity contribution in [2.24, 2.45) is 11.3 Å². The molecule has 1 amide bonds. The quantitative estimate of drug-likeness (QED) is 0.728. The standard InChI is InChI=1S/C16H30N2O/c1-13-6-5-9-18(12-13)14-7-10-17(11-8-14)15(19)16(2,3)4/h13-14H,5-12H2,1-4H3. The summed E-state index contributed by atoms with van der Waals surface area (Å²) in [7, 11) is 0. The van der Waals surface area contributed by atoms with Crippen LogP contribution in [-0.4, -0.2) is 47.9 Å². The monoisotopic (exact) mass is 266 g/mol. The van der Waals surface area contributed by atoms with Crippen LogP contribution < -0.4 is 0 Å². The van der Waals surface area contributed by atoms with Crippen molar-refractivity contribution in [2.45, 2.75) is 59.4 Å². The first-order valence-electron chi connectivity index (χ1n) is 7.91. The summed E-state index contributed by atoms with van der Waals surface area (Å²) in [5.74, 6) is 1.17. The van der Waals surface area contributed by atoms with E-state index in [4.69, 9.17) is 0 Å². The molecular formula is C16H30N2O. The maximum Gasteiger partial charge on any atom is 0.227 e. The van der Waals surface area contributed by atoms with Crippen LogP contribution in [0, 0.1) is 11.3 Å². The number of carbonyl (C=O) groups is 1. The fraction of sp³-hybridized carbons (Fsp3) is 0.938. The van der Waals surface area contributed by atoms with Crippen LogP contribution in [0.3, 0.4) is 0 Å². The van der Waals surface area contributed by atoms with Gasteiger partial charge in [-0.2, -0.15) is 0 Å². The highest BCUT2D eigenvalue weighted by atomic mass is 16.2. The third-order valence-electron chi connectivity index (χ3n) is 4.60. The molecule has 1 unspecified atom stereocenters. The zero-order chi connectivity index (χ0) is 14.0. The Morgan fingerprint density at radius 3 is 2.21 bits per heavy atom. The largest absolute Gasteiger partial charge is 0.342 e. The number of likely N-dealkylation sites (tertiary alicyclic amines) is 2. The van der Waals surface area contributed by atoms with Crippen molar-refractivity contribution in [1.82, 2.24) is 9.80 Å². The van der Waals surface area contributed by atoms with E-state index in [-0.39, 0.29) is 5.41 Å². The van der Waals surface area contributed by atoms with Gasteiger partial charge in [-0.15, -0.1) is 0 Å². The van der Waals surface area contributed by atoms with Crippen molar-refractivity contribution in [3.8, 4) is 0 Å². The first-order chi connectivity index (χ1) is 8.88. The Hall–Kier alpha value is -0.570. The Kier molecular flexibility index (Phi) is 4.54. The topological polar surface area (TPSA) is 23.6 Å². The van der Waals surface area contributed by atoms with Gasteiger partial charge in [0.2, 0.25) is 5.91 Å². The Balaban J connectivity index is 1.84. The molecule has 2 fully saturated rings. The summed E-state index contributed by atoms with van der Waals surface area (Å²) in [5, 5.41) is 0. The van der Waals surface area contributed by atoms with E-state index in [1.807, 2.05) is 20.8 Å². The molecule has 2 aliphatic heterocycles. The first-order valence-corrected chi connectivity index (χ1v) is 7.91. The van der Waals surface area contributed by atoms with Crippen LogP contribution in [0.2, 0.25) is 0 Å². The van der Waals surface area contributed by atoms with Crippen molar-refractivity contribution in [3.05, 3.63) is 0 Å². The van der Waals surface area contributed by atoms with Gasteiger partial charge in [-0.3, -0.25) is 9.69 Å². The van der Waals surface area contributed by atoms with Gasteiger partial charge in [0.05, 0.1) is 0 Å². The van der Waals surface area contributed by atoms with E-state index >= 15 is 0 Å². The fourth-order valence-electron chi connectivity index (χ4n) is 3.47. The summed E-state index contributed by atoms with van der Waals surface area (Å²) in [6.45, 7) is 12.9. The summed E-state index contributed by atoms with van der Waals surface area (Å²) in [5.41, 5.74) is -0.230. The van der Waals surface area contributed by atoms with Crippen LogP contribution in [0.1, 0.15) is 53.4 Å². The molecule has 0 spiro atoms. The molecule has 0 aromatic carbocycles. The van der Waals surface area contributed by atoms with Gasteiger partial charge in [-0.05, 0) is 38.1 Å². The van der Waals surface area contributed by atoms with Gasteiger partial charge >= 0.3 is 0 Å². The molecule has 0 radical (unpaired) electrons. The first kappa shape index (κ1) is 14.8. The summed E-state index contributed by atoms with van der Waals surface area (Å²) in [4.78, 5) is 17.0. The highest BCUT2D eigenvalue weighted by Gasteiger charge is 2.32. The van der Waals surface area contributed by atoms with Crippen LogP contribution in [0.5, 0.6) is 0 Å². The zero-order valence-electron chi connectivity index (χ0n) is 13.1. The predicted octanol–water partition coefficient (Wildman–Crippen LogP) is 2.76. The second-order valence-corrected chi connectivity index (χ2v) is 7.52. The maximum atomic E-state index is 12.3. The normalized spacial score (nSPS) is 27.6. The highest BCUT2D eigenvalue weighted by molar-refractivity contribution is 5.81. The summed E-state index contributed by atoms with van der Waals surface area (Å²) < 4.78 is 0. The lowest BCUT2D eigenvalue weighted by atomic mass is 9.91. The third-order valence-corrected chi connectivity index (χ3v) is 4.60. The van der Waals surface area contributed by atoms with Gasteiger partial charge in [0, 0.05) is 31.1 Å². The van der Waals surface area contributed by atoms with Crippen LogP contribution in [-0.2, 0) is 4.79 Å². The van der Waals surface area contributed by atoms with Gasteiger partial charge in [0.25, 0.3) is 0 Å². The van der Waals surface area contributed by atoms with Crippen LogP contribution in [0.4, 0.5) is 0 Å². The van der Waals surface area contributed by atoms with Crippen molar-refractivity contribution in [2.75, 3.05) is 26.2 Å². The molecule has 110 valence electrons. The van der Waals surface area contributed by atoms with Crippen molar-refractivity contribution in [3.63, 3.8) is 0 Å². The molecule has 0 N–H and O–H groups in total. The number of nitrogens with zero attached hydrogens (tertiary/aromatic N) is 2. The molecule has 2 aliphatic rings. The molecule has 19 heavy (non-hydrogen) atoms. The Labute approximate surface area is 118 Å². The van der Waals surface area contributed by atoms with E-state index in [1.54, 1.807) is 0 Å². The lowest BCUT2D eigenvalue weighted by Crippen LogP contribution is -2.51. The number of rotatable bonds is 1. The minimum absolute atomic E-state index is 0.230. The highest BCUT2D eigenvalue weighted by Crippen LogP contribution is 2.26. The SMILES string of the molecule is CC1CCCN(C2CCN(C(=O)C(C)(C)C)CC2)C1. The number of piperidine rings is 2. The molecule has 2 saturated heterocycles. The van der Waals surface area contributed by atoms with Gasteiger partial charge < -0.3 is 4.90 Å². The third kappa shape index (κ3) is 3.71. The van der Waals surface area contributed by atoms with E-state index in [0.717, 1.165) is 31.8 Å². The van der Waals surface area contributed by atoms with Crippen molar-refractivity contribution >= 4 is 5.91 Å². The summed E-state index contributed by atoms with van der Waals surface area (Å²) >= 11 is 0. The van der Waals surface area contributed by atoms with Crippen LogP contribution in [0.15, 0.2) is 0 Å². The van der Waals surface area contributed by atoms with E-state index in [0.29, 0.717) is 11.9 Å². The fourth-order valence-corrected chi connectivity index (χ4v) is 3.47. The molecular weight excluding hydrogens is 236 g/mol. The van der Waals surface area contributed by atoms with E-state index in [2.05, 4.69) is 16.7 Å². The molecule has 0 aliphatic carbocycles. The van der Waals surface area contributed by atoms with Gasteiger partial charge in [-0.1, -0.05) is 27.7 Å². The summed E-state index contributed by atoms with van der Waals surface area (Å²) in [6.07, 6.45) is 5.06. The van der Waals surface area contributed by atoms with E-state index in [1.165, 1.54) is 25.9 Å². The Morgan fingerprint density at radius 2 is 1.68 bits per heavy atom. The van der Waals surface area contributed by atoms with E-state index in [9.17, 15) is 4.79 Å². The number of hydrogen-bond acceptors (Lipinski definition) is 2. The molecule has 0 saturated carbocycles. The lowest BCUT2D eigenvalue weighted by Gasteiger charge is -2.42. The average molecular weight is 266 g/mol. The molecule has 3 heteroatoms. The Morgan fingerprint density at radius 1 is 1.05 bits per heavy atom. The summed E-state index contributed by atoms with van der Waals surface area (Å²) in [6, 6.07) is 0.715. The molecule has 2 heterocycles. The smallest absolute Gasteiger partial charge is 0.227 e. The van der Waals surface area contributed by atoms with Crippen LogP contribution in [0.25, 0.3) is 0 Å². The lowest BCUT2D eigenvalue weighted by molar-refractivity contribution is -0.141. The van der Waals surface area contributed by atoms with Gasteiger partial charge in [0.15, 0.2) is 0 Å². The van der Waals surface area contributed by atoms with Gasteiger partial charge in [0.1, 0.15) is 0 Å². The predicted molar refractivity (Wildman–Crippen MR) is 79.0 cm³/mol. The molecule has 0 aromatic heterocycles. The Bertz CT molecular complexity index is 313. The number of hydrogen-bond donors (Lipinski definition) is 0. The molecule has 1 atom stereocenters. The average Bonchev–Trinajstić information content (AvgIpc) is 2.37. The maximum absolute atomic E-state index is 12.3. The minimum Gasteiger partial charge on any atom is -0.342 e. The second-order valence-electron chi connectivity index (χ2n) is 7.52.